The van der Waals surface area contributed by atoms with Gasteiger partial charge in [0.05, 0.1) is 6.61 Å². The average Bonchev–Trinajstić information content (AvgIpc) is 3.01. The van der Waals surface area contributed by atoms with Crippen molar-refractivity contribution in [3.63, 3.8) is 0 Å². The summed E-state index contributed by atoms with van der Waals surface area (Å²) in [7, 11) is 0. The molecule has 1 atom stereocenters. The Balaban J connectivity index is 1.74. The predicted octanol–water partition coefficient (Wildman–Crippen LogP) is 2.66. The fraction of sp³-hybridized carbons (Fsp3) is 0.611. The van der Waals surface area contributed by atoms with Crippen LogP contribution in [0.15, 0.2) is 18.2 Å². The van der Waals surface area contributed by atoms with Crippen LogP contribution in [0.2, 0.25) is 0 Å². The first-order valence-electron chi connectivity index (χ1n) is 8.50. The third kappa shape index (κ3) is 5.05. The zero-order valence-electron chi connectivity index (χ0n) is 14.1. The van der Waals surface area contributed by atoms with Gasteiger partial charge in [0.15, 0.2) is 0 Å². The summed E-state index contributed by atoms with van der Waals surface area (Å²) >= 11 is 0. The van der Waals surface area contributed by atoms with E-state index in [1.807, 2.05) is 32.0 Å². The van der Waals surface area contributed by atoms with Gasteiger partial charge in [0.1, 0.15) is 6.04 Å². The Kier molecular flexibility index (Phi) is 6.56. The number of rotatable bonds is 7. The summed E-state index contributed by atoms with van der Waals surface area (Å²) in [5.41, 5.74) is 2.01. The SMILES string of the molecule is CCCC(=O)N1CCCC1C(=O)OCCCc1cccc(C)n1. The highest BCUT2D eigenvalue weighted by atomic mass is 16.5. The maximum Gasteiger partial charge on any atom is 0.328 e. The van der Waals surface area contributed by atoms with Gasteiger partial charge in [-0.1, -0.05) is 13.0 Å². The number of hydrogen-bond donors (Lipinski definition) is 0. The number of likely N-dealkylation sites (tertiary alicyclic amines) is 1. The summed E-state index contributed by atoms with van der Waals surface area (Å²) < 4.78 is 5.38. The van der Waals surface area contributed by atoms with E-state index in [0.29, 0.717) is 26.0 Å². The molecular formula is C18H26N2O3. The minimum Gasteiger partial charge on any atom is -0.464 e. The molecule has 1 aromatic rings. The first-order chi connectivity index (χ1) is 11.1. The van der Waals surface area contributed by atoms with Gasteiger partial charge in [0.25, 0.3) is 0 Å². The third-order valence-corrected chi connectivity index (χ3v) is 4.08. The molecule has 1 aliphatic heterocycles. The van der Waals surface area contributed by atoms with Crippen LogP contribution < -0.4 is 0 Å². The molecule has 23 heavy (non-hydrogen) atoms. The molecule has 0 radical (unpaired) electrons. The average molecular weight is 318 g/mol. The van der Waals surface area contributed by atoms with Crippen molar-refractivity contribution in [1.29, 1.82) is 0 Å². The summed E-state index contributed by atoms with van der Waals surface area (Å²) in [5, 5.41) is 0. The molecule has 0 spiro atoms. The quantitative estimate of drug-likeness (QED) is 0.573. The fourth-order valence-corrected chi connectivity index (χ4v) is 2.93. The van der Waals surface area contributed by atoms with Gasteiger partial charge in [0, 0.05) is 24.4 Å². The van der Waals surface area contributed by atoms with Gasteiger partial charge in [0.2, 0.25) is 5.91 Å². The zero-order chi connectivity index (χ0) is 16.7. The van der Waals surface area contributed by atoms with E-state index in [1.54, 1.807) is 4.90 Å². The molecule has 0 N–H and O–H groups in total. The molecule has 1 aliphatic rings. The smallest absolute Gasteiger partial charge is 0.328 e. The highest BCUT2D eigenvalue weighted by Gasteiger charge is 2.34. The van der Waals surface area contributed by atoms with E-state index in [9.17, 15) is 9.59 Å². The number of carbonyl (C=O) groups is 2. The molecule has 126 valence electrons. The molecule has 1 unspecified atom stereocenters. The number of aromatic nitrogens is 1. The molecule has 5 heteroatoms. The summed E-state index contributed by atoms with van der Waals surface area (Å²) in [6.45, 7) is 4.98. The Labute approximate surface area is 138 Å². The highest BCUT2D eigenvalue weighted by Crippen LogP contribution is 2.20. The monoisotopic (exact) mass is 318 g/mol. The first-order valence-corrected chi connectivity index (χ1v) is 8.50. The van der Waals surface area contributed by atoms with E-state index in [0.717, 1.165) is 37.1 Å². The lowest BCUT2D eigenvalue weighted by molar-refractivity contribution is -0.153. The number of amides is 1. The Morgan fingerprint density at radius 2 is 2.22 bits per heavy atom. The Bertz CT molecular complexity index is 545. The minimum atomic E-state index is -0.383. The number of pyridine rings is 1. The molecule has 0 bridgehead atoms. The van der Waals surface area contributed by atoms with Crippen LogP contribution in [-0.2, 0) is 20.7 Å². The van der Waals surface area contributed by atoms with E-state index >= 15 is 0 Å². The van der Waals surface area contributed by atoms with Gasteiger partial charge in [-0.3, -0.25) is 9.78 Å². The van der Waals surface area contributed by atoms with Crippen molar-refractivity contribution in [2.24, 2.45) is 0 Å². The third-order valence-electron chi connectivity index (χ3n) is 4.08. The Hall–Kier alpha value is -1.91. The fourth-order valence-electron chi connectivity index (χ4n) is 2.93. The molecular weight excluding hydrogens is 292 g/mol. The van der Waals surface area contributed by atoms with Crippen LogP contribution in [0.4, 0.5) is 0 Å². The number of hydrogen-bond acceptors (Lipinski definition) is 4. The number of esters is 1. The number of nitrogens with zero attached hydrogens (tertiary/aromatic N) is 2. The van der Waals surface area contributed by atoms with Crippen LogP contribution in [0.3, 0.4) is 0 Å². The standard InChI is InChI=1S/C18H26N2O3/c1-3-7-17(21)20-12-5-11-16(20)18(22)23-13-6-10-15-9-4-8-14(2)19-15/h4,8-9,16H,3,5-7,10-13H2,1-2H3. The van der Waals surface area contributed by atoms with Gasteiger partial charge in [-0.05, 0) is 51.2 Å². The minimum absolute atomic E-state index is 0.0657. The predicted molar refractivity (Wildman–Crippen MR) is 87.9 cm³/mol. The van der Waals surface area contributed by atoms with Crippen LogP contribution in [0, 0.1) is 6.92 Å². The lowest BCUT2D eigenvalue weighted by Crippen LogP contribution is -2.41. The summed E-state index contributed by atoms with van der Waals surface area (Å²) in [6, 6.07) is 5.55. The van der Waals surface area contributed by atoms with Gasteiger partial charge in [-0.25, -0.2) is 4.79 Å². The largest absolute Gasteiger partial charge is 0.464 e. The second-order valence-corrected chi connectivity index (χ2v) is 6.04. The molecule has 2 rings (SSSR count). The van der Waals surface area contributed by atoms with Gasteiger partial charge in [-0.2, -0.15) is 0 Å². The Morgan fingerprint density at radius 1 is 1.39 bits per heavy atom. The molecule has 1 saturated heterocycles. The van der Waals surface area contributed by atoms with Crippen LogP contribution in [0.5, 0.6) is 0 Å². The number of ether oxygens (including phenoxy) is 1. The van der Waals surface area contributed by atoms with Crippen molar-refractivity contribution in [2.75, 3.05) is 13.2 Å². The van der Waals surface area contributed by atoms with Gasteiger partial charge >= 0.3 is 5.97 Å². The van der Waals surface area contributed by atoms with E-state index in [-0.39, 0.29) is 17.9 Å². The molecule has 2 heterocycles. The highest BCUT2D eigenvalue weighted by molar-refractivity contribution is 5.85. The summed E-state index contributed by atoms with van der Waals surface area (Å²) in [5.74, 6) is -0.194. The maximum atomic E-state index is 12.2. The van der Waals surface area contributed by atoms with Crippen LogP contribution in [0.1, 0.15) is 50.4 Å². The van der Waals surface area contributed by atoms with Crippen LogP contribution >= 0.6 is 0 Å². The van der Waals surface area contributed by atoms with Crippen molar-refractivity contribution in [3.8, 4) is 0 Å². The second-order valence-electron chi connectivity index (χ2n) is 6.04. The van der Waals surface area contributed by atoms with Crippen molar-refractivity contribution >= 4 is 11.9 Å². The molecule has 0 saturated carbocycles. The van der Waals surface area contributed by atoms with Crippen molar-refractivity contribution in [2.45, 2.75) is 58.4 Å². The van der Waals surface area contributed by atoms with Crippen molar-refractivity contribution < 1.29 is 14.3 Å². The van der Waals surface area contributed by atoms with E-state index in [4.69, 9.17) is 4.74 Å². The topological polar surface area (TPSA) is 59.5 Å². The van der Waals surface area contributed by atoms with E-state index < -0.39 is 0 Å². The van der Waals surface area contributed by atoms with Gasteiger partial charge in [-0.15, -0.1) is 0 Å². The molecule has 1 amide bonds. The normalized spacial score (nSPS) is 17.3. The van der Waals surface area contributed by atoms with Crippen molar-refractivity contribution in [3.05, 3.63) is 29.6 Å². The van der Waals surface area contributed by atoms with Gasteiger partial charge < -0.3 is 9.64 Å². The lowest BCUT2D eigenvalue weighted by Gasteiger charge is -2.23. The van der Waals surface area contributed by atoms with Crippen LogP contribution in [0.25, 0.3) is 0 Å². The molecule has 5 nitrogen and oxygen atoms in total. The molecule has 1 aromatic heterocycles. The molecule has 1 fully saturated rings. The molecule has 0 aliphatic carbocycles. The first kappa shape index (κ1) is 17.4. The number of aryl methyl sites for hydroxylation is 2. The van der Waals surface area contributed by atoms with E-state index in [1.165, 1.54) is 0 Å². The van der Waals surface area contributed by atoms with E-state index in [2.05, 4.69) is 4.98 Å². The second kappa shape index (κ2) is 8.65. The Morgan fingerprint density at radius 3 is 2.96 bits per heavy atom. The summed E-state index contributed by atoms with van der Waals surface area (Å²) in [6.07, 6.45) is 4.44. The van der Waals surface area contributed by atoms with Crippen molar-refractivity contribution in [1.82, 2.24) is 9.88 Å². The zero-order valence-corrected chi connectivity index (χ0v) is 14.1. The molecule has 0 aromatic carbocycles. The summed E-state index contributed by atoms with van der Waals surface area (Å²) in [4.78, 5) is 30.3. The lowest BCUT2D eigenvalue weighted by atomic mass is 10.2. The maximum absolute atomic E-state index is 12.2. The number of carbonyl (C=O) groups excluding carboxylic acids is 2. The van der Waals surface area contributed by atoms with Crippen LogP contribution in [-0.4, -0.2) is 41.0 Å².